The molecule has 4 aromatic heterocycles. The largest absolute Gasteiger partial charge is 0.455 e. The fraction of sp³-hybridized carbons (Fsp3) is 0. The number of hydrogen-bond donors (Lipinski definition) is 0. The Morgan fingerprint density at radius 1 is 0.300 bits per heavy atom. The summed E-state index contributed by atoms with van der Waals surface area (Å²) >= 11 is 0. The molecule has 0 aliphatic heterocycles. The van der Waals surface area contributed by atoms with E-state index in [1.807, 2.05) is 48.5 Å². The number of para-hydroxylation sites is 4. The number of nitrogens with zero attached hydrogens (tertiary/aromatic N) is 2. The molecule has 0 saturated carbocycles. The van der Waals surface area contributed by atoms with Crippen molar-refractivity contribution in [1.29, 1.82) is 0 Å². The zero-order valence-electron chi connectivity index (χ0n) is 26.9. The van der Waals surface area contributed by atoms with Crippen molar-refractivity contribution in [1.82, 2.24) is 9.97 Å². The molecule has 0 aliphatic carbocycles. The van der Waals surface area contributed by atoms with Gasteiger partial charge in [0.05, 0.1) is 22.8 Å². The molecule has 0 unspecified atom stereocenters. The van der Waals surface area contributed by atoms with Gasteiger partial charge in [-0.25, -0.2) is 9.97 Å². The second-order valence-corrected chi connectivity index (χ2v) is 12.5. The zero-order valence-corrected chi connectivity index (χ0v) is 26.9. The Morgan fingerprint density at radius 2 is 0.680 bits per heavy atom. The molecule has 0 saturated heterocycles. The molecule has 4 nitrogen and oxygen atoms in total. The molecular weight excluding hydrogens is 613 g/mol. The molecular formula is C46H28N2O2. The minimum Gasteiger partial charge on any atom is -0.455 e. The molecule has 10 rings (SSSR count). The molecule has 0 aliphatic rings. The van der Waals surface area contributed by atoms with Crippen molar-refractivity contribution in [2.75, 3.05) is 0 Å². The fourth-order valence-corrected chi connectivity index (χ4v) is 7.12. The summed E-state index contributed by atoms with van der Waals surface area (Å²) in [5, 5.41) is 4.48. The maximum atomic E-state index is 6.34. The standard InChI is InChI=1S/C46H28N2O2/c1-3-25-43-35(15-1)37-19-7-17-33(45(37)49-43)29-11-5-13-31(27-29)39-21-9-23-41(47-39)42-24-10-22-40(48-42)32-14-6-12-30(28-32)34-18-8-20-38-36-16-2-4-26-44(36)50-46(34)38/h1-28H. The number of aromatic nitrogens is 2. The molecule has 0 atom stereocenters. The zero-order chi connectivity index (χ0) is 33.0. The molecule has 4 heterocycles. The molecule has 10 aromatic rings. The van der Waals surface area contributed by atoms with Crippen LogP contribution in [0, 0.1) is 0 Å². The van der Waals surface area contributed by atoms with Crippen LogP contribution in [-0.2, 0) is 0 Å². The van der Waals surface area contributed by atoms with Crippen LogP contribution in [-0.4, -0.2) is 9.97 Å². The van der Waals surface area contributed by atoms with Gasteiger partial charge in [-0.05, 0) is 59.7 Å². The van der Waals surface area contributed by atoms with Crippen molar-refractivity contribution in [2.24, 2.45) is 0 Å². The Kier molecular flexibility index (Phi) is 6.46. The summed E-state index contributed by atoms with van der Waals surface area (Å²) in [4.78, 5) is 10.2. The van der Waals surface area contributed by atoms with Crippen LogP contribution in [0.4, 0.5) is 0 Å². The van der Waals surface area contributed by atoms with Crippen LogP contribution < -0.4 is 0 Å². The Labute approximate surface area is 287 Å². The van der Waals surface area contributed by atoms with E-state index in [1.54, 1.807) is 0 Å². The van der Waals surface area contributed by atoms with E-state index >= 15 is 0 Å². The molecule has 0 spiro atoms. The highest BCUT2D eigenvalue weighted by Gasteiger charge is 2.15. The van der Waals surface area contributed by atoms with E-state index in [1.165, 1.54) is 0 Å². The second kappa shape index (κ2) is 11.4. The van der Waals surface area contributed by atoms with Gasteiger partial charge in [0.15, 0.2) is 0 Å². The first-order valence-electron chi connectivity index (χ1n) is 16.7. The van der Waals surface area contributed by atoms with Gasteiger partial charge >= 0.3 is 0 Å². The Morgan fingerprint density at radius 3 is 1.18 bits per heavy atom. The Balaban J connectivity index is 0.996. The highest BCUT2D eigenvalue weighted by atomic mass is 16.3. The molecule has 0 amide bonds. The highest BCUT2D eigenvalue weighted by Crippen LogP contribution is 2.38. The van der Waals surface area contributed by atoms with Gasteiger partial charge in [-0.2, -0.15) is 0 Å². The van der Waals surface area contributed by atoms with Crippen LogP contribution in [0.15, 0.2) is 179 Å². The molecule has 4 heteroatoms. The van der Waals surface area contributed by atoms with Gasteiger partial charge in [0.25, 0.3) is 0 Å². The van der Waals surface area contributed by atoms with E-state index in [-0.39, 0.29) is 0 Å². The van der Waals surface area contributed by atoms with Crippen LogP contribution in [0.3, 0.4) is 0 Å². The highest BCUT2D eigenvalue weighted by molar-refractivity contribution is 6.10. The third-order valence-electron chi connectivity index (χ3n) is 9.51. The summed E-state index contributed by atoms with van der Waals surface area (Å²) in [5.74, 6) is 0. The van der Waals surface area contributed by atoms with Crippen LogP contribution >= 0.6 is 0 Å². The van der Waals surface area contributed by atoms with E-state index < -0.39 is 0 Å². The van der Waals surface area contributed by atoms with E-state index in [2.05, 4.69) is 121 Å². The monoisotopic (exact) mass is 640 g/mol. The fourth-order valence-electron chi connectivity index (χ4n) is 7.12. The maximum Gasteiger partial charge on any atom is 0.143 e. The van der Waals surface area contributed by atoms with Crippen LogP contribution in [0.1, 0.15) is 0 Å². The quantitative estimate of drug-likeness (QED) is 0.188. The molecule has 0 bridgehead atoms. The summed E-state index contributed by atoms with van der Waals surface area (Å²) in [6.45, 7) is 0. The van der Waals surface area contributed by atoms with Gasteiger partial charge in [-0.15, -0.1) is 0 Å². The van der Waals surface area contributed by atoms with Crippen molar-refractivity contribution in [3.05, 3.63) is 170 Å². The number of hydrogen-bond acceptors (Lipinski definition) is 4. The third kappa shape index (κ3) is 4.69. The van der Waals surface area contributed by atoms with Gasteiger partial charge in [0.2, 0.25) is 0 Å². The molecule has 234 valence electrons. The van der Waals surface area contributed by atoms with Crippen molar-refractivity contribution >= 4 is 43.9 Å². The van der Waals surface area contributed by atoms with E-state index in [0.717, 1.165) is 100 Å². The lowest BCUT2D eigenvalue weighted by Gasteiger charge is -2.10. The molecule has 50 heavy (non-hydrogen) atoms. The molecule has 0 fully saturated rings. The van der Waals surface area contributed by atoms with E-state index in [9.17, 15) is 0 Å². The van der Waals surface area contributed by atoms with Crippen molar-refractivity contribution in [2.45, 2.75) is 0 Å². The van der Waals surface area contributed by atoms with Crippen molar-refractivity contribution < 1.29 is 8.83 Å². The minimum atomic E-state index is 0.817. The summed E-state index contributed by atoms with van der Waals surface area (Å²) in [6, 6.07) is 58.3. The van der Waals surface area contributed by atoms with Gasteiger partial charge in [0, 0.05) is 43.8 Å². The molecule has 6 aromatic carbocycles. The third-order valence-corrected chi connectivity index (χ3v) is 9.51. The number of rotatable bonds is 5. The minimum absolute atomic E-state index is 0.817. The molecule has 0 radical (unpaired) electrons. The SMILES string of the molecule is c1cc(-c2cccc(-c3cccc(-c4cccc(-c5cccc6c5oc5ccccc56)c4)n3)n2)cc(-c2cccc3c2oc2ccccc23)c1. The first-order chi connectivity index (χ1) is 24.8. The first-order valence-corrected chi connectivity index (χ1v) is 16.7. The summed E-state index contributed by atoms with van der Waals surface area (Å²) in [6.07, 6.45) is 0. The average molecular weight is 641 g/mol. The lowest BCUT2D eigenvalue weighted by molar-refractivity contribution is 0.669. The topological polar surface area (TPSA) is 52.1 Å². The van der Waals surface area contributed by atoms with Gasteiger partial charge in [-0.3, -0.25) is 0 Å². The van der Waals surface area contributed by atoms with Gasteiger partial charge < -0.3 is 8.83 Å². The second-order valence-electron chi connectivity index (χ2n) is 12.5. The summed E-state index contributed by atoms with van der Waals surface area (Å²) in [5.41, 5.74) is 13.3. The van der Waals surface area contributed by atoms with Gasteiger partial charge in [-0.1, -0.05) is 121 Å². The van der Waals surface area contributed by atoms with E-state index in [0.29, 0.717) is 0 Å². The molecule has 0 N–H and O–H groups in total. The average Bonchev–Trinajstić information content (AvgIpc) is 3.77. The lowest BCUT2D eigenvalue weighted by atomic mass is 9.99. The van der Waals surface area contributed by atoms with Gasteiger partial charge in [0.1, 0.15) is 22.3 Å². The van der Waals surface area contributed by atoms with Crippen LogP contribution in [0.5, 0.6) is 0 Å². The Bertz CT molecular complexity index is 2700. The predicted octanol–water partition coefficient (Wildman–Crippen LogP) is 12.6. The number of benzene rings is 6. The first kappa shape index (κ1) is 28.3. The summed E-state index contributed by atoms with van der Waals surface area (Å²) < 4.78 is 12.7. The predicted molar refractivity (Wildman–Crippen MR) is 204 cm³/mol. The van der Waals surface area contributed by atoms with E-state index in [4.69, 9.17) is 18.8 Å². The smallest absolute Gasteiger partial charge is 0.143 e. The van der Waals surface area contributed by atoms with Crippen LogP contribution in [0.2, 0.25) is 0 Å². The maximum absolute atomic E-state index is 6.34. The normalized spacial score (nSPS) is 11.6. The summed E-state index contributed by atoms with van der Waals surface area (Å²) in [7, 11) is 0. The number of pyridine rings is 2. The number of furan rings is 2. The van der Waals surface area contributed by atoms with Crippen LogP contribution in [0.25, 0.3) is 100 Å². The lowest BCUT2D eigenvalue weighted by Crippen LogP contribution is -1.92. The van der Waals surface area contributed by atoms with Crippen molar-refractivity contribution in [3.8, 4) is 56.2 Å². The Hall–Kier alpha value is -6.78. The van der Waals surface area contributed by atoms with Crippen molar-refractivity contribution in [3.63, 3.8) is 0 Å². The number of fused-ring (bicyclic) bond motifs is 6.